The second-order valence-electron chi connectivity index (χ2n) is 6.55. The van der Waals surface area contributed by atoms with Crippen LogP contribution in [0, 0.1) is 6.92 Å². The van der Waals surface area contributed by atoms with Gasteiger partial charge in [-0.3, -0.25) is 4.99 Å². The van der Waals surface area contributed by atoms with Gasteiger partial charge in [0.1, 0.15) is 5.75 Å². The topological polar surface area (TPSA) is 61.4 Å². The largest absolute Gasteiger partial charge is 0.496 e. The van der Waals surface area contributed by atoms with E-state index in [1.807, 2.05) is 18.2 Å². The molecule has 0 spiro atoms. The van der Waals surface area contributed by atoms with Crippen molar-refractivity contribution in [2.45, 2.75) is 19.8 Å². The average Bonchev–Trinajstić information content (AvgIpc) is 3.11. The number of guanidine groups is 1. The Hall–Kier alpha value is -2.95. The molecule has 0 aliphatic heterocycles. The van der Waals surface area contributed by atoms with Crippen molar-refractivity contribution in [3.05, 3.63) is 65.4 Å². The number of ether oxygens (including phenoxy) is 1. The van der Waals surface area contributed by atoms with Crippen LogP contribution in [0.1, 0.15) is 16.7 Å². The molecule has 0 amide bonds. The van der Waals surface area contributed by atoms with Crippen LogP contribution in [0.25, 0.3) is 10.9 Å². The van der Waals surface area contributed by atoms with Crippen molar-refractivity contribution in [3.8, 4) is 5.75 Å². The van der Waals surface area contributed by atoms with Crippen molar-refractivity contribution in [1.29, 1.82) is 0 Å². The van der Waals surface area contributed by atoms with Gasteiger partial charge in [-0.2, -0.15) is 0 Å². The third-order valence-electron chi connectivity index (χ3n) is 4.80. The molecule has 0 atom stereocenters. The number of aromatic amines is 1. The number of H-pyrrole nitrogens is 1. The van der Waals surface area contributed by atoms with E-state index in [0.717, 1.165) is 37.6 Å². The summed E-state index contributed by atoms with van der Waals surface area (Å²) in [5, 5.41) is 8.07. The Morgan fingerprint density at radius 2 is 1.74 bits per heavy atom. The summed E-state index contributed by atoms with van der Waals surface area (Å²) in [4.78, 5) is 7.70. The van der Waals surface area contributed by atoms with Crippen LogP contribution in [0.15, 0.2) is 53.7 Å². The van der Waals surface area contributed by atoms with Gasteiger partial charge in [-0.15, -0.1) is 0 Å². The Balaban J connectivity index is 1.48. The highest BCUT2D eigenvalue weighted by Gasteiger charge is 2.06. The number of aromatic nitrogens is 1. The maximum Gasteiger partial charge on any atom is 0.190 e. The molecule has 3 aromatic rings. The number of nitrogens with zero attached hydrogens (tertiary/aromatic N) is 1. The zero-order chi connectivity index (χ0) is 19.1. The van der Waals surface area contributed by atoms with Gasteiger partial charge < -0.3 is 20.4 Å². The van der Waals surface area contributed by atoms with E-state index in [1.165, 1.54) is 27.6 Å². The van der Waals surface area contributed by atoms with Gasteiger partial charge in [0.2, 0.25) is 0 Å². The first-order valence-corrected chi connectivity index (χ1v) is 9.35. The molecule has 0 bridgehead atoms. The molecule has 142 valence electrons. The highest BCUT2D eigenvalue weighted by atomic mass is 16.5. The number of nitrogens with one attached hydrogen (secondary N) is 3. The molecule has 1 heterocycles. The molecule has 0 aliphatic rings. The molecule has 1 aromatic heterocycles. The maximum absolute atomic E-state index is 5.40. The predicted molar refractivity (Wildman–Crippen MR) is 113 cm³/mol. The predicted octanol–water partition coefficient (Wildman–Crippen LogP) is 3.44. The molecule has 3 N–H and O–H groups in total. The van der Waals surface area contributed by atoms with Crippen molar-refractivity contribution < 1.29 is 4.74 Å². The van der Waals surface area contributed by atoms with E-state index in [1.54, 1.807) is 14.2 Å². The van der Waals surface area contributed by atoms with Crippen LogP contribution in [0.3, 0.4) is 0 Å². The number of hydrogen-bond donors (Lipinski definition) is 3. The summed E-state index contributed by atoms with van der Waals surface area (Å²) >= 11 is 0. The molecule has 5 nitrogen and oxygen atoms in total. The van der Waals surface area contributed by atoms with Crippen LogP contribution in [0.5, 0.6) is 5.75 Å². The fourth-order valence-corrected chi connectivity index (χ4v) is 3.33. The lowest BCUT2D eigenvalue weighted by atomic mass is 10.1. The Labute approximate surface area is 160 Å². The Bertz CT molecular complexity index is 914. The first-order valence-electron chi connectivity index (χ1n) is 9.35. The zero-order valence-corrected chi connectivity index (χ0v) is 16.3. The van der Waals surface area contributed by atoms with Gasteiger partial charge in [-0.25, -0.2) is 0 Å². The summed E-state index contributed by atoms with van der Waals surface area (Å²) in [6.45, 7) is 3.76. The maximum atomic E-state index is 5.40. The van der Waals surface area contributed by atoms with E-state index >= 15 is 0 Å². The molecular formula is C22H28N4O. The molecule has 27 heavy (non-hydrogen) atoms. The van der Waals surface area contributed by atoms with E-state index in [2.05, 4.69) is 58.0 Å². The van der Waals surface area contributed by atoms with E-state index < -0.39 is 0 Å². The van der Waals surface area contributed by atoms with Crippen molar-refractivity contribution in [2.24, 2.45) is 4.99 Å². The number of aryl methyl sites for hydroxylation is 1. The molecule has 5 heteroatoms. The summed E-state index contributed by atoms with van der Waals surface area (Å²) in [6, 6.07) is 14.5. The van der Waals surface area contributed by atoms with Gasteiger partial charge in [0.05, 0.1) is 7.11 Å². The number of benzene rings is 2. The van der Waals surface area contributed by atoms with Gasteiger partial charge in [-0.1, -0.05) is 36.4 Å². The minimum absolute atomic E-state index is 0.798. The number of rotatable bonds is 7. The third-order valence-corrected chi connectivity index (χ3v) is 4.80. The van der Waals surface area contributed by atoms with Crippen molar-refractivity contribution >= 4 is 16.9 Å². The molecule has 0 aliphatic carbocycles. The molecule has 0 saturated heterocycles. The molecule has 0 unspecified atom stereocenters. The number of fused-ring (bicyclic) bond motifs is 1. The summed E-state index contributed by atoms with van der Waals surface area (Å²) in [6.07, 6.45) is 3.93. The summed E-state index contributed by atoms with van der Waals surface area (Å²) in [5.74, 6) is 1.75. The molecule has 0 radical (unpaired) electrons. The third kappa shape index (κ3) is 4.61. The molecule has 0 fully saturated rings. The van der Waals surface area contributed by atoms with Gasteiger partial charge in [-0.05, 0) is 42.5 Å². The first kappa shape index (κ1) is 18.8. The Morgan fingerprint density at radius 1 is 1.00 bits per heavy atom. The highest BCUT2D eigenvalue weighted by molar-refractivity contribution is 5.86. The van der Waals surface area contributed by atoms with E-state index in [4.69, 9.17) is 4.74 Å². The number of methoxy groups -OCH3 is 1. The van der Waals surface area contributed by atoms with Crippen LogP contribution in [-0.4, -0.2) is 38.2 Å². The van der Waals surface area contributed by atoms with Crippen molar-refractivity contribution in [2.75, 3.05) is 27.2 Å². The molecule has 0 saturated carbocycles. The van der Waals surface area contributed by atoms with Gasteiger partial charge >= 0.3 is 0 Å². The van der Waals surface area contributed by atoms with Crippen molar-refractivity contribution in [3.63, 3.8) is 0 Å². The smallest absolute Gasteiger partial charge is 0.190 e. The number of para-hydroxylation sites is 2. The summed E-state index contributed by atoms with van der Waals surface area (Å²) < 4.78 is 5.40. The van der Waals surface area contributed by atoms with E-state index in [-0.39, 0.29) is 0 Å². The van der Waals surface area contributed by atoms with E-state index in [9.17, 15) is 0 Å². The second-order valence-corrected chi connectivity index (χ2v) is 6.55. The lowest BCUT2D eigenvalue weighted by molar-refractivity contribution is 0.409. The van der Waals surface area contributed by atoms with Gasteiger partial charge in [0.25, 0.3) is 0 Å². The average molecular weight is 364 g/mol. The number of hydrogen-bond acceptors (Lipinski definition) is 2. The summed E-state index contributed by atoms with van der Waals surface area (Å²) in [7, 11) is 3.51. The minimum Gasteiger partial charge on any atom is -0.496 e. The normalized spacial score (nSPS) is 11.6. The van der Waals surface area contributed by atoms with Crippen LogP contribution in [0.2, 0.25) is 0 Å². The molecule has 3 rings (SSSR count). The Morgan fingerprint density at radius 3 is 2.48 bits per heavy atom. The van der Waals surface area contributed by atoms with Gasteiger partial charge in [0, 0.05) is 37.2 Å². The summed E-state index contributed by atoms with van der Waals surface area (Å²) in [5.41, 5.74) is 5.02. The standard InChI is InChI=1S/C22H28N4O/c1-16-7-6-9-19-18(15-26-21(16)19)12-14-25-22(23-2)24-13-11-17-8-4-5-10-20(17)27-3/h4-10,15,26H,11-14H2,1-3H3,(H2,23,24,25). The zero-order valence-electron chi connectivity index (χ0n) is 16.3. The Kier molecular flexibility index (Phi) is 6.36. The van der Waals surface area contributed by atoms with Crippen LogP contribution in [-0.2, 0) is 12.8 Å². The molecule has 2 aromatic carbocycles. The SMILES string of the molecule is CN=C(NCCc1ccccc1OC)NCCc1c[nH]c2c(C)cccc12. The molecular weight excluding hydrogens is 336 g/mol. The first-order chi connectivity index (χ1) is 13.2. The lowest BCUT2D eigenvalue weighted by Crippen LogP contribution is -2.39. The number of aliphatic imine (C=N–C) groups is 1. The lowest BCUT2D eigenvalue weighted by Gasteiger charge is -2.13. The minimum atomic E-state index is 0.798. The quantitative estimate of drug-likeness (QED) is 0.445. The van der Waals surface area contributed by atoms with Crippen LogP contribution >= 0.6 is 0 Å². The monoisotopic (exact) mass is 364 g/mol. The van der Waals surface area contributed by atoms with Crippen molar-refractivity contribution in [1.82, 2.24) is 15.6 Å². The fourth-order valence-electron chi connectivity index (χ4n) is 3.33. The highest BCUT2D eigenvalue weighted by Crippen LogP contribution is 2.21. The second kappa shape index (κ2) is 9.12. The van der Waals surface area contributed by atoms with Gasteiger partial charge in [0.15, 0.2) is 5.96 Å². The van der Waals surface area contributed by atoms with E-state index in [0.29, 0.717) is 0 Å². The fraction of sp³-hybridized carbons (Fsp3) is 0.318. The van der Waals surface area contributed by atoms with Crippen LogP contribution < -0.4 is 15.4 Å². The van der Waals surface area contributed by atoms with Crippen LogP contribution in [0.4, 0.5) is 0 Å².